The Labute approximate surface area is 162 Å². The van der Waals surface area contributed by atoms with E-state index in [1.165, 1.54) is 45.3 Å². The molecule has 0 aromatic carbocycles. The lowest BCUT2D eigenvalue weighted by Gasteiger charge is -2.66. The van der Waals surface area contributed by atoms with Gasteiger partial charge in [-0.25, -0.2) is 0 Å². The minimum absolute atomic E-state index is 1.29. The monoisotopic (exact) mass is 416 g/mol. The lowest BCUT2D eigenvalue weighted by Crippen LogP contribution is -2.88. The van der Waals surface area contributed by atoms with Crippen LogP contribution in [0.2, 0.25) is 65.0 Å². The maximum absolute atomic E-state index is 3.15. The molecule has 0 unspecified atom stereocenters. The van der Waals surface area contributed by atoms with Crippen LogP contribution in [-0.2, 0) is 0 Å². The van der Waals surface area contributed by atoms with Gasteiger partial charge in [0.05, 0.1) is 0 Å². The Kier molecular flexibility index (Phi) is 6.40. The van der Waals surface area contributed by atoms with Crippen LogP contribution in [0, 0.1) is 0 Å². The predicted octanol–water partition coefficient (Wildman–Crippen LogP) is 3.69. The van der Waals surface area contributed by atoms with E-state index in [0.717, 1.165) is 0 Å². The molecule has 0 radical (unpaired) electrons. The Hall–Kier alpha value is 0.708. The molecule has 0 aromatic rings. The van der Waals surface area contributed by atoms with Crippen LogP contribution in [0.25, 0.3) is 0 Å². The van der Waals surface area contributed by atoms with Crippen molar-refractivity contribution >= 4 is 33.3 Å². The zero-order chi connectivity index (χ0) is 19.3. The minimum atomic E-state index is -1.84. The van der Waals surface area contributed by atoms with Gasteiger partial charge in [0.25, 0.3) is 8.56 Å². The predicted molar refractivity (Wildman–Crippen MR) is 123 cm³/mol. The van der Waals surface area contributed by atoms with E-state index in [2.05, 4.69) is 83.4 Å². The first-order chi connectivity index (χ1) is 11.2. The summed E-state index contributed by atoms with van der Waals surface area (Å²) in [6, 6.07) is 1.37. The Balaban J connectivity index is 2.74. The number of hydrogen-bond donors (Lipinski definition) is 0. The van der Waals surface area contributed by atoms with Crippen molar-refractivity contribution in [3.63, 3.8) is 0 Å². The van der Waals surface area contributed by atoms with Crippen molar-refractivity contribution in [3.8, 4) is 0 Å². The summed E-state index contributed by atoms with van der Waals surface area (Å²) in [6.07, 6.45) is 0. The molecule has 25 heavy (non-hydrogen) atoms. The molecule has 0 atom stereocenters. The normalized spacial score (nSPS) is 31.7. The Bertz CT molecular complexity index is 402. The van der Waals surface area contributed by atoms with Gasteiger partial charge in [-0.1, -0.05) is 65.8 Å². The SMILES string of the molecule is CC[Si]12N([Si](C)(C)C)CCN(CCN1[Si](C)(C)C)CCN2[Si](C)(C)C. The van der Waals surface area contributed by atoms with E-state index < -0.39 is 33.3 Å². The Morgan fingerprint density at radius 2 is 0.840 bits per heavy atom. The first-order valence-corrected chi connectivity index (χ1v) is 22.7. The number of rotatable bonds is 4. The second-order valence-electron chi connectivity index (χ2n) is 10.9. The average molecular weight is 417 g/mol. The molecule has 0 saturated carbocycles. The van der Waals surface area contributed by atoms with E-state index in [4.69, 9.17) is 0 Å². The zero-order valence-corrected chi connectivity index (χ0v) is 22.7. The molecule has 3 saturated heterocycles. The molecule has 0 amide bonds. The van der Waals surface area contributed by atoms with E-state index in [9.17, 15) is 0 Å². The fourth-order valence-electron chi connectivity index (χ4n) is 5.22. The van der Waals surface area contributed by atoms with Crippen molar-refractivity contribution in [2.75, 3.05) is 39.3 Å². The summed E-state index contributed by atoms with van der Waals surface area (Å²) in [6.45, 7) is 33.7. The lowest BCUT2D eigenvalue weighted by atomic mass is 10.4. The van der Waals surface area contributed by atoms with Crippen LogP contribution in [-0.4, -0.2) is 90.1 Å². The standard InChI is InChI=1S/C17H44N4Si4/c1-11-25-19(22(2,3)4)15-12-18(13-16-20(25)23(5,6)7)14-17-21(25)24(8,9)10/h11-17H2,1-10H3. The molecule has 2 bridgehead atoms. The van der Waals surface area contributed by atoms with Crippen LogP contribution >= 0.6 is 0 Å². The molecule has 0 spiro atoms. The van der Waals surface area contributed by atoms with Gasteiger partial charge >= 0.3 is 0 Å². The van der Waals surface area contributed by atoms with Crippen LogP contribution in [0.3, 0.4) is 0 Å². The first kappa shape index (κ1) is 22.0. The topological polar surface area (TPSA) is 13.0 Å². The van der Waals surface area contributed by atoms with Gasteiger partial charge in [-0.15, -0.1) is 0 Å². The maximum atomic E-state index is 3.15. The van der Waals surface area contributed by atoms with Crippen molar-refractivity contribution < 1.29 is 0 Å². The average Bonchev–Trinajstić information content (AvgIpc) is 2.32. The van der Waals surface area contributed by atoms with Crippen molar-refractivity contribution in [3.05, 3.63) is 0 Å². The van der Waals surface area contributed by atoms with Crippen LogP contribution in [0.5, 0.6) is 0 Å². The van der Waals surface area contributed by atoms with Crippen LogP contribution < -0.4 is 0 Å². The van der Waals surface area contributed by atoms with E-state index in [-0.39, 0.29) is 0 Å². The fraction of sp³-hybridized carbons (Fsp3) is 1.00. The summed E-state index contributed by atoms with van der Waals surface area (Å²) in [7, 11) is -6.02. The third-order valence-corrected chi connectivity index (χ3v) is 25.1. The zero-order valence-electron chi connectivity index (χ0n) is 18.7. The van der Waals surface area contributed by atoms with E-state index in [1.807, 2.05) is 0 Å². The van der Waals surface area contributed by atoms with E-state index in [0.29, 0.717) is 0 Å². The maximum Gasteiger partial charge on any atom is 0.269 e. The van der Waals surface area contributed by atoms with Gasteiger partial charge in [-0.05, 0) is 6.04 Å². The Morgan fingerprint density at radius 3 is 1.04 bits per heavy atom. The highest BCUT2D eigenvalue weighted by atomic mass is 28.5. The van der Waals surface area contributed by atoms with Crippen LogP contribution in [0.15, 0.2) is 0 Å². The van der Waals surface area contributed by atoms with Gasteiger partial charge in [0, 0.05) is 39.3 Å². The number of hydrogen-bond acceptors (Lipinski definition) is 4. The van der Waals surface area contributed by atoms with Crippen molar-refractivity contribution in [2.45, 2.75) is 71.9 Å². The van der Waals surface area contributed by atoms with Gasteiger partial charge < -0.3 is 12.7 Å². The second kappa shape index (κ2) is 7.27. The van der Waals surface area contributed by atoms with Gasteiger partial charge in [0.15, 0.2) is 0 Å². The van der Waals surface area contributed by atoms with Gasteiger partial charge in [-0.2, -0.15) is 0 Å². The van der Waals surface area contributed by atoms with Crippen molar-refractivity contribution in [1.29, 1.82) is 0 Å². The van der Waals surface area contributed by atoms with Crippen LogP contribution in [0.1, 0.15) is 6.92 Å². The molecule has 0 aliphatic carbocycles. The molecule has 0 aromatic heterocycles. The molecular formula is C17H44N4Si4. The third kappa shape index (κ3) is 4.26. The molecule has 3 fully saturated rings. The highest BCUT2D eigenvalue weighted by Gasteiger charge is 2.59. The number of fused-ring (bicyclic) bond motifs is 6. The summed E-state index contributed by atoms with van der Waals surface area (Å²) < 4.78 is 9.46. The number of nitrogens with zero attached hydrogens (tertiary/aromatic N) is 4. The summed E-state index contributed by atoms with van der Waals surface area (Å²) in [4.78, 5) is 2.76. The third-order valence-electron chi connectivity index (χ3n) is 6.12. The summed E-state index contributed by atoms with van der Waals surface area (Å²) in [5, 5.41) is 0. The van der Waals surface area contributed by atoms with E-state index >= 15 is 0 Å². The molecule has 3 rings (SSSR count). The second-order valence-corrected chi connectivity index (χ2v) is 30.8. The molecule has 0 N–H and O–H groups in total. The first-order valence-electron chi connectivity index (χ1n) is 10.3. The van der Waals surface area contributed by atoms with Gasteiger partial charge in [0.2, 0.25) is 0 Å². The van der Waals surface area contributed by atoms with E-state index in [1.54, 1.807) is 0 Å². The molecule has 3 heterocycles. The summed E-state index contributed by atoms with van der Waals surface area (Å²) in [5.74, 6) is 0. The molecule has 3 aliphatic rings. The summed E-state index contributed by atoms with van der Waals surface area (Å²) in [5.41, 5.74) is 0. The van der Waals surface area contributed by atoms with Crippen molar-refractivity contribution in [1.82, 2.24) is 17.6 Å². The molecule has 148 valence electrons. The lowest BCUT2D eigenvalue weighted by molar-refractivity contribution is 0.193. The van der Waals surface area contributed by atoms with Gasteiger partial charge in [-0.3, -0.25) is 4.90 Å². The molecule has 8 heteroatoms. The molecule has 3 aliphatic heterocycles. The minimum Gasteiger partial charge on any atom is -0.321 e. The van der Waals surface area contributed by atoms with Crippen molar-refractivity contribution in [2.24, 2.45) is 0 Å². The fourth-order valence-corrected chi connectivity index (χ4v) is 28.3. The highest BCUT2D eigenvalue weighted by molar-refractivity contribution is 7.00. The smallest absolute Gasteiger partial charge is 0.269 e. The Morgan fingerprint density at radius 1 is 0.560 bits per heavy atom. The van der Waals surface area contributed by atoms with Crippen LogP contribution in [0.4, 0.5) is 0 Å². The molecular weight excluding hydrogens is 373 g/mol. The summed E-state index contributed by atoms with van der Waals surface area (Å²) >= 11 is 0. The largest absolute Gasteiger partial charge is 0.321 e. The van der Waals surface area contributed by atoms with Gasteiger partial charge in [0.1, 0.15) is 24.7 Å². The quantitative estimate of drug-likeness (QED) is 0.648. The highest BCUT2D eigenvalue weighted by Crippen LogP contribution is 2.38. The molecule has 4 nitrogen and oxygen atoms in total.